The Labute approximate surface area is 165 Å². The topological polar surface area (TPSA) is 54.5 Å². The molecule has 1 N–H and O–H groups in total. The van der Waals surface area contributed by atoms with Gasteiger partial charge in [-0.15, -0.1) is 0 Å². The summed E-state index contributed by atoms with van der Waals surface area (Å²) in [5.41, 5.74) is 3.90. The summed E-state index contributed by atoms with van der Waals surface area (Å²) in [6.07, 6.45) is 1.79. The Balaban J connectivity index is 1.42. The van der Waals surface area contributed by atoms with Crippen LogP contribution in [0, 0.1) is 0 Å². The third-order valence-corrected chi connectivity index (χ3v) is 4.87. The zero-order valence-electron chi connectivity index (χ0n) is 15.7. The number of benzene rings is 2. The van der Waals surface area contributed by atoms with Crippen molar-refractivity contribution in [3.8, 4) is 11.1 Å². The number of nitrogens with one attached hydrogen (secondary N) is 1. The van der Waals surface area contributed by atoms with Crippen molar-refractivity contribution in [1.29, 1.82) is 0 Å². The Hall–Kier alpha value is -3.18. The summed E-state index contributed by atoms with van der Waals surface area (Å²) in [7, 11) is 0. The van der Waals surface area contributed by atoms with Gasteiger partial charge in [-0.05, 0) is 29.3 Å². The van der Waals surface area contributed by atoms with E-state index in [4.69, 9.17) is 4.74 Å². The Kier molecular flexibility index (Phi) is 5.64. The van der Waals surface area contributed by atoms with E-state index in [1.807, 2.05) is 54.6 Å². The normalized spacial score (nSPS) is 13.9. The van der Waals surface area contributed by atoms with Crippen LogP contribution in [0.3, 0.4) is 0 Å². The number of carbonyl (C=O) groups is 1. The molecule has 3 aromatic rings. The standard InChI is InChI=1S/C23H23N3O2/c27-23(20-10-8-19(9-11-20)18-5-2-1-3-6-18)25-17-21-7-4-12-24-22(21)26-13-15-28-16-14-26/h1-12H,13-17H2,(H,25,27). The SMILES string of the molecule is O=C(NCc1cccnc1N1CCOCC1)c1ccc(-c2ccccc2)cc1. The molecule has 1 aliphatic heterocycles. The van der Waals surface area contributed by atoms with Crippen LogP contribution >= 0.6 is 0 Å². The Morgan fingerprint density at radius 1 is 0.929 bits per heavy atom. The van der Waals surface area contributed by atoms with Crippen LogP contribution in [0.15, 0.2) is 72.9 Å². The number of aromatic nitrogens is 1. The summed E-state index contributed by atoms with van der Waals surface area (Å²) in [6.45, 7) is 3.49. The highest BCUT2D eigenvalue weighted by Crippen LogP contribution is 2.20. The zero-order chi connectivity index (χ0) is 19.2. The number of nitrogens with zero attached hydrogens (tertiary/aromatic N) is 2. The predicted octanol–water partition coefficient (Wildman–Crippen LogP) is 3.52. The molecule has 2 heterocycles. The molecule has 2 aromatic carbocycles. The van der Waals surface area contributed by atoms with Gasteiger partial charge in [-0.2, -0.15) is 0 Å². The van der Waals surface area contributed by atoms with Crippen molar-refractivity contribution in [2.75, 3.05) is 31.2 Å². The maximum atomic E-state index is 12.6. The van der Waals surface area contributed by atoms with E-state index in [-0.39, 0.29) is 5.91 Å². The molecule has 0 unspecified atom stereocenters. The van der Waals surface area contributed by atoms with E-state index in [0.29, 0.717) is 25.3 Å². The van der Waals surface area contributed by atoms with Crippen molar-refractivity contribution < 1.29 is 9.53 Å². The Morgan fingerprint density at radius 2 is 1.64 bits per heavy atom. The molecule has 0 radical (unpaired) electrons. The molecule has 0 aliphatic carbocycles. The van der Waals surface area contributed by atoms with Crippen LogP contribution in [0.2, 0.25) is 0 Å². The molecule has 5 nitrogen and oxygen atoms in total. The van der Waals surface area contributed by atoms with Crippen molar-refractivity contribution >= 4 is 11.7 Å². The first kappa shape index (κ1) is 18.2. The number of carbonyl (C=O) groups excluding carboxylic acids is 1. The van der Waals surface area contributed by atoms with E-state index in [9.17, 15) is 4.79 Å². The van der Waals surface area contributed by atoms with Gasteiger partial charge in [0, 0.05) is 37.0 Å². The van der Waals surface area contributed by atoms with E-state index in [2.05, 4.69) is 27.3 Å². The van der Waals surface area contributed by atoms with E-state index < -0.39 is 0 Å². The lowest BCUT2D eigenvalue weighted by Crippen LogP contribution is -2.37. The van der Waals surface area contributed by atoms with Gasteiger partial charge in [0.1, 0.15) is 5.82 Å². The maximum Gasteiger partial charge on any atom is 0.251 e. The average molecular weight is 373 g/mol. The van der Waals surface area contributed by atoms with Crippen LogP contribution in [0.5, 0.6) is 0 Å². The molecule has 1 fully saturated rings. The van der Waals surface area contributed by atoms with Crippen molar-refractivity contribution in [1.82, 2.24) is 10.3 Å². The van der Waals surface area contributed by atoms with E-state index in [1.54, 1.807) is 6.20 Å². The minimum atomic E-state index is -0.0867. The minimum absolute atomic E-state index is 0.0867. The lowest BCUT2D eigenvalue weighted by atomic mass is 10.0. The Morgan fingerprint density at radius 3 is 2.39 bits per heavy atom. The molecule has 1 aromatic heterocycles. The van der Waals surface area contributed by atoms with Crippen LogP contribution in [-0.2, 0) is 11.3 Å². The summed E-state index contributed by atoms with van der Waals surface area (Å²) in [5, 5.41) is 3.02. The molecule has 0 atom stereocenters. The fourth-order valence-corrected chi connectivity index (χ4v) is 3.35. The summed E-state index contributed by atoms with van der Waals surface area (Å²) >= 11 is 0. The molecule has 1 saturated heterocycles. The van der Waals surface area contributed by atoms with Gasteiger partial charge in [-0.3, -0.25) is 4.79 Å². The third-order valence-electron chi connectivity index (χ3n) is 4.87. The van der Waals surface area contributed by atoms with Crippen molar-refractivity contribution in [2.24, 2.45) is 0 Å². The second-order valence-electron chi connectivity index (χ2n) is 6.71. The van der Waals surface area contributed by atoms with Crippen molar-refractivity contribution in [3.05, 3.63) is 84.1 Å². The summed E-state index contributed by atoms with van der Waals surface area (Å²) in [4.78, 5) is 19.3. The molecule has 0 bridgehead atoms. The van der Waals surface area contributed by atoms with Crippen LogP contribution in [0.25, 0.3) is 11.1 Å². The molecule has 142 valence electrons. The minimum Gasteiger partial charge on any atom is -0.378 e. The van der Waals surface area contributed by atoms with E-state index >= 15 is 0 Å². The first-order valence-electron chi connectivity index (χ1n) is 9.51. The number of hydrogen-bond acceptors (Lipinski definition) is 4. The fourth-order valence-electron chi connectivity index (χ4n) is 3.35. The first-order valence-corrected chi connectivity index (χ1v) is 9.51. The Bertz CT molecular complexity index is 920. The third kappa shape index (κ3) is 4.21. The largest absolute Gasteiger partial charge is 0.378 e. The number of amides is 1. The maximum absolute atomic E-state index is 12.6. The molecule has 5 heteroatoms. The average Bonchev–Trinajstić information content (AvgIpc) is 2.79. The lowest BCUT2D eigenvalue weighted by Gasteiger charge is -2.29. The number of ether oxygens (including phenoxy) is 1. The molecule has 0 saturated carbocycles. The highest BCUT2D eigenvalue weighted by atomic mass is 16.5. The molecule has 1 amide bonds. The van der Waals surface area contributed by atoms with Gasteiger partial charge in [0.25, 0.3) is 5.91 Å². The second kappa shape index (κ2) is 8.67. The number of pyridine rings is 1. The van der Waals surface area contributed by atoms with Crippen LogP contribution in [0.1, 0.15) is 15.9 Å². The van der Waals surface area contributed by atoms with Gasteiger partial charge in [-0.1, -0.05) is 48.5 Å². The highest BCUT2D eigenvalue weighted by molar-refractivity contribution is 5.94. The van der Waals surface area contributed by atoms with Crippen LogP contribution in [-0.4, -0.2) is 37.2 Å². The number of morpholine rings is 1. The predicted molar refractivity (Wildman–Crippen MR) is 110 cm³/mol. The van der Waals surface area contributed by atoms with E-state index in [1.165, 1.54) is 0 Å². The highest BCUT2D eigenvalue weighted by Gasteiger charge is 2.16. The van der Waals surface area contributed by atoms with Crippen LogP contribution in [0.4, 0.5) is 5.82 Å². The number of rotatable bonds is 5. The van der Waals surface area contributed by atoms with Gasteiger partial charge in [0.05, 0.1) is 13.2 Å². The summed E-state index contributed by atoms with van der Waals surface area (Å²) in [5.74, 6) is 0.835. The monoisotopic (exact) mass is 373 g/mol. The van der Waals surface area contributed by atoms with E-state index in [0.717, 1.165) is 35.6 Å². The zero-order valence-corrected chi connectivity index (χ0v) is 15.7. The van der Waals surface area contributed by atoms with Crippen LogP contribution < -0.4 is 10.2 Å². The van der Waals surface area contributed by atoms with Crippen molar-refractivity contribution in [3.63, 3.8) is 0 Å². The molecule has 4 rings (SSSR count). The second-order valence-corrected chi connectivity index (χ2v) is 6.71. The summed E-state index contributed by atoms with van der Waals surface area (Å²) in [6, 6.07) is 21.7. The van der Waals surface area contributed by atoms with Gasteiger partial charge >= 0.3 is 0 Å². The van der Waals surface area contributed by atoms with Crippen molar-refractivity contribution in [2.45, 2.75) is 6.54 Å². The van der Waals surface area contributed by atoms with Gasteiger partial charge in [0.2, 0.25) is 0 Å². The molecular formula is C23H23N3O2. The van der Waals surface area contributed by atoms with Gasteiger partial charge in [0.15, 0.2) is 0 Å². The summed E-state index contributed by atoms with van der Waals surface area (Å²) < 4.78 is 5.42. The number of hydrogen-bond donors (Lipinski definition) is 1. The molecular weight excluding hydrogens is 350 g/mol. The molecule has 0 spiro atoms. The number of anilines is 1. The lowest BCUT2D eigenvalue weighted by molar-refractivity contribution is 0.0950. The van der Waals surface area contributed by atoms with Gasteiger partial charge in [-0.25, -0.2) is 4.98 Å². The first-order chi connectivity index (χ1) is 13.8. The smallest absolute Gasteiger partial charge is 0.251 e. The fraction of sp³-hybridized carbons (Fsp3) is 0.217. The molecule has 1 aliphatic rings. The molecule has 28 heavy (non-hydrogen) atoms. The van der Waals surface area contributed by atoms with Gasteiger partial charge < -0.3 is 15.0 Å². The quantitative estimate of drug-likeness (QED) is 0.744.